The number of nitrogens with zero attached hydrogens (tertiary/aromatic N) is 2. The van der Waals surface area contributed by atoms with Crippen LogP contribution < -0.4 is 5.32 Å². The van der Waals surface area contributed by atoms with Crippen LogP contribution in [-0.2, 0) is 0 Å². The van der Waals surface area contributed by atoms with Gasteiger partial charge in [-0.3, -0.25) is 0 Å². The minimum Gasteiger partial charge on any atom is -0.366 e. The first-order valence-corrected chi connectivity index (χ1v) is 6.30. The van der Waals surface area contributed by atoms with E-state index in [1.165, 1.54) is 25.9 Å². The van der Waals surface area contributed by atoms with Gasteiger partial charge in [0.05, 0.1) is 0 Å². The van der Waals surface area contributed by atoms with Gasteiger partial charge in [0.15, 0.2) is 0 Å². The summed E-state index contributed by atoms with van der Waals surface area (Å²) in [7, 11) is 0. The maximum atomic E-state index is 5.88. The van der Waals surface area contributed by atoms with Gasteiger partial charge in [0.1, 0.15) is 11.0 Å². The minimum absolute atomic E-state index is 0.550. The van der Waals surface area contributed by atoms with Crippen LogP contribution in [0.2, 0.25) is 5.15 Å². The van der Waals surface area contributed by atoms with Crippen molar-refractivity contribution in [1.82, 2.24) is 9.88 Å². The normalized spacial score (nSPS) is 32.7. The summed E-state index contributed by atoms with van der Waals surface area (Å²) in [5, 5.41) is 4.08. The Bertz CT molecular complexity index is 374. The van der Waals surface area contributed by atoms with Crippen molar-refractivity contribution < 1.29 is 0 Å². The zero-order valence-electron chi connectivity index (χ0n) is 9.19. The smallest absolute Gasteiger partial charge is 0.131 e. The van der Waals surface area contributed by atoms with Crippen molar-refractivity contribution >= 4 is 17.4 Å². The SMILES string of the molecule is Clc1cccc(NC2CN3CCC2CC3)n1. The van der Waals surface area contributed by atoms with E-state index < -0.39 is 0 Å². The van der Waals surface area contributed by atoms with E-state index in [1.54, 1.807) is 0 Å². The van der Waals surface area contributed by atoms with Crippen LogP contribution in [0.1, 0.15) is 12.8 Å². The molecule has 3 nitrogen and oxygen atoms in total. The molecule has 0 spiro atoms. The van der Waals surface area contributed by atoms with E-state index in [4.69, 9.17) is 11.6 Å². The molecule has 86 valence electrons. The lowest BCUT2D eigenvalue weighted by Gasteiger charge is -2.45. The first kappa shape index (κ1) is 10.4. The number of pyridine rings is 1. The molecule has 1 atom stereocenters. The molecule has 4 heteroatoms. The highest BCUT2D eigenvalue weighted by Crippen LogP contribution is 2.29. The Hall–Kier alpha value is -0.800. The summed E-state index contributed by atoms with van der Waals surface area (Å²) in [6.45, 7) is 3.69. The molecule has 0 amide bonds. The van der Waals surface area contributed by atoms with Crippen molar-refractivity contribution in [1.29, 1.82) is 0 Å². The van der Waals surface area contributed by atoms with E-state index in [-0.39, 0.29) is 0 Å². The molecule has 1 aromatic rings. The van der Waals surface area contributed by atoms with Gasteiger partial charge in [-0.2, -0.15) is 0 Å². The standard InChI is InChI=1S/C12H16ClN3/c13-11-2-1-3-12(15-11)14-10-8-16-6-4-9(10)5-7-16/h1-3,9-10H,4-8H2,(H,14,15). The highest BCUT2D eigenvalue weighted by atomic mass is 35.5. The maximum Gasteiger partial charge on any atom is 0.131 e. The molecule has 0 aliphatic carbocycles. The van der Waals surface area contributed by atoms with Crippen molar-refractivity contribution in [2.24, 2.45) is 5.92 Å². The molecule has 0 radical (unpaired) electrons. The number of rotatable bonds is 2. The Kier molecular flexibility index (Phi) is 2.74. The van der Waals surface area contributed by atoms with Gasteiger partial charge in [0.25, 0.3) is 0 Å². The van der Waals surface area contributed by atoms with Crippen LogP contribution in [-0.4, -0.2) is 35.6 Å². The topological polar surface area (TPSA) is 28.2 Å². The van der Waals surface area contributed by atoms with E-state index in [9.17, 15) is 0 Å². The van der Waals surface area contributed by atoms with Crippen LogP contribution in [0, 0.1) is 5.92 Å². The summed E-state index contributed by atoms with van der Waals surface area (Å²) in [5.74, 6) is 1.72. The second-order valence-corrected chi connectivity index (χ2v) is 5.12. The van der Waals surface area contributed by atoms with Gasteiger partial charge in [-0.1, -0.05) is 17.7 Å². The van der Waals surface area contributed by atoms with Crippen LogP contribution in [0.15, 0.2) is 18.2 Å². The number of aromatic nitrogens is 1. The van der Waals surface area contributed by atoms with E-state index in [2.05, 4.69) is 15.2 Å². The third kappa shape index (κ3) is 2.02. The van der Waals surface area contributed by atoms with Crippen LogP contribution in [0.3, 0.4) is 0 Å². The van der Waals surface area contributed by atoms with E-state index in [0.717, 1.165) is 18.3 Å². The number of fused-ring (bicyclic) bond motifs is 3. The van der Waals surface area contributed by atoms with Gasteiger partial charge in [-0.15, -0.1) is 0 Å². The fourth-order valence-electron chi connectivity index (χ4n) is 2.81. The predicted octanol–water partition coefficient (Wildman–Crippen LogP) is 2.24. The minimum atomic E-state index is 0.550. The lowest BCUT2D eigenvalue weighted by molar-refractivity contribution is 0.0974. The quantitative estimate of drug-likeness (QED) is 0.800. The highest BCUT2D eigenvalue weighted by Gasteiger charge is 2.33. The van der Waals surface area contributed by atoms with Crippen LogP contribution in [0.5, 0.6) is 0 Å². The molecule has 3 aliphatic rings. The molecular weight excluding hydrogens is 222 g/mol. The second-order valence-electron chi connectivity index (χ2n) is 4.73. The van der Waals surface area contributed by atoms with Crippen LogP contribution in [0.4, 0.5) is 5.82 Å². The van der Waals surface area contributed by atoms with Gasteiger partial charge in [0.2, 0.25) is 0 Å². The molecule has 16 heavy (non-hydrogen) atoms. The molecule has 1 unspecified atom stereocenters. The Labute approximate surface area is 101 Å². The summed E-state index contributed by atoms with van der Waals surface area (Å²) < 4.78 is 0. The van der Waals surface area contributed by atoms with Crippen molar-refractivity contribution in [2.75, 3.05) is 25.0 Å². The zero-order valence-corrected chi connectivity index (χ0v) is 9.95. The average Bonchev–Trinajstić information content (AvgIpc) is 2.30. The fourth-order valence-corrected chi connectivity index (χ4v) is 2.97. The molecule has 4 heterocycles. The number of halogens is 1. The van der Waals surface area contributed by atoms with E-state index in [0.29, 0.717) is 11.2 Å². The summed E-state index contributed by atoms with van der Waals surface area (Å²) in [6.07, 6.45) is 2.64. The summed E-state index contributed by atoms with van der Waals surface area (Å²) in [4.78, 5) is 6.82. The largest absolute Gasteiger partial charge is 0.366 e. The van der Waals surface area contributed by atoms with Gasteiger partial charge >= 0.3 is 0 Å². The van der Waals surface area contributed by atoms with Gasteiger partial charge in [-0.25, -0.2) is 4.98 Å². The van der Waals surface area contributed by atoms with Gasteiger partial charge < -0.3 is 10.2 Å². The molecule has 0 saturated carbocycles. The Morgan fingerprint density at radius 3 is 2.75 bits per heavy atom. The first-order chi connectivity index (χ1) is 7.81. The lowest BCUT2D eigenvalue weighted by atomic mass is 9.84. The van der Waals surface area contributed by atoms with Crippen molar-refractivity contribution in [3.05, 3.63) is 23.4 Å². The van der Waals surface area contributed by atoms with Gasteiger partial charge in [-0.05, 0) is 44.0 Å². The monoisotopic (exact) mass is 237 g/mol. The molecule has 4 rings (SSSR count). The Morgan fingerprint density at radius 2 is 2.12 bits per heavy atom. The lowest BCUT2D eigenvalue weighted by Crippen LogP contribution is -2.53. The summed E-state index contributed by atoms with van der Waals surface area (Å²) >= 11 is 5.88. The van der Waals surface area contributed by atoms with Crippen LogP contribution in [0.25, 0.3) is 0 Å². The van der Waals surface area contributed by atoms with Gasteiger partial charge in [0, 0.05) is 12.6 Å². The predicted molar refractivity (Wildman–Crippen MR) is 65.8 cm³/mol. The van der Waals surface area contributed by atoms with E-state index >= 15 is 0 Å². The van der Waals surface area contributed by atoms with Crippen molar-refractivity contribution in [3.63, 3.8) is 0 Å². The second kappa shape index (κ2) is 4.22. The number of piperidine rings is 3. The fraction of sp³-hybridized carbons (Fsp3) is 0.583. The zero-order chi connectivity index (χ0) is 11.0. The Morgan fingerprint density at radius 1 is 1.31 bits per heavy atom. The number of nitrogens with one attached hydrogen (secondary N) is 1. The first-order valence-electron chi connectivity index (χ1n) is 5.93. The molecule has 0 aromatic carbocycles. The highest BCUT2D eigenvalue weighted by molar-refractivity contribution is 6.29. The number of hydrogen-bond acceptors (Lipinski definition) is 3. The number of hydrogen-bond donors (Lipinski definition) is 1. The van der Waals surface area contributed by atoms with Crippen molar-refractivity contribution in [2.45, 2.75) is 18.9 Å². The molecule has 3 fully saturated rings. The number of anilines is 1. The molecule has 1 N–H and O–H groups in total. The maximum absolute atomic E-state index is 5.88. The van der Waals surface area contributed by atoms with Crippen molar-refractivity contribution in [3.8, 4) is 0 Å². The Balaban J connectivity index is 1.71. The third-order valence-corrected chi connectivity index (χ3v) is 3.92. The average molecular weight is 238 g/mol. The molecule has 3 saturated heterocycles. The molecular formula is C12H16ClN3. The summed E-state index contributed by atoms with van der Waals surface area (Å²) in [5.41, 5.74) is 0. The molecule has 3 aliphatic heterocycles. The molecule has 2 bridgehead atoms. The summed E-state index contributed by atoms with van der Waals surface area (Å²) in [6, 6.07) is 6.29. The third-order valence-electron chi connectivity index (χ3n) is 3.70. The van der Waals surface area contributed by atoms with E-state index in [1.807, 2.05) is 18.2 Å². The van der Waals surface area contributed by atoms with Crippen LogP contribution >= 0.6 is 11.6 Å². The molecule has 1 aromatic heterocycles.